The van der Waals surface area contributed by atoms with Crippen molar-refractivity contribution in [1.29, 1.82) is 0 Å². The van der Waals surface area contributed by atoms with Crippen molar-refractivity contribution >= 4 is 11.8 Å². The first kappa shape index (κ1) is 17.9. The molecule has 3 rings (SSSR count). The first-order chi connectivity index (χ1) is 12.2. The van der Waals surface area contributed by atoms with Crippen molar-refractivity contribution in [3.63, 3.8) is 0 Å². The van der Waals surface area contributed by atoms with Gasteiger partial charge in [-0.05, 0) is 37.8 Å². The lowest BCUT2D eigenvalue weighted by molar-refractivity contribution is -0.134. The summed E-state index contributed by atoms with van der Waals surface area (Å²) < 4.78 is 0. The predicted molar refractivity (Wildman–Crippen MR) is 98.1 cm³/mol. The first-order valence-electron chi connectivity index (χ1n) is 9.57. The summed E-state index contributed by atoms with van der Waals surface area (Å²) in [6, 6.07) is 10.4. The minimum absolute atomic E-state index is 0.00691. The van der Waals surface area contributed by atoms with Crippen LogP contribution < -0.4 is 10.6 Å². The molecule has 5 heteroatoms. The van der Waals surface area contributed by atoms with Gasteiger partial charge in [0.1, 0.15) is 0 Å². The molecule has 1 aliphatic heterocycles. The molecule has 2 amide bonds. The third-order valence-electron chi connectivity index (χ3n) is 5.29. The third kappa shape index (κ3) is 5.30. The molecule has 2 fully saturated rings. The summed E-state index contributed by atoms with van der Waals surface area (Å²) in [4.78, 5) is 26.8. The van der Waals surface area contributed by atoms with Crippen LogP contribution in [0.3, 0.4) is 0 Å². The summed E-state index contributed by atoms with van der Waals surface area (Å²) in [6.07, 6.45) is 6.80. The Labute approximate surface area is 150 Å². The van der Waals surface area contributed by atoms with E-state index < -0.39 is 0 Å². The molecule has 1 saturated heterocycles. The molecule has 1 unspecified atom stereocenters. The Balaban J connectivity index is 1.49. The van der Waals surface area contributed by atoms with Crippen molar-refractivity contribution < 1.29 is 9.59 Å². The van der Waals surface area contributed by atoms with Gasteiger partial charge in [-0.2, -0.15) is 0 Å². The van der Waals surface area contributed by atoms with Gasteiger partial charge in [0.25, 0.3) is 0 Å². The van der Waals surface area contributed by atoms with Crippen molar-refractivity contribution in [2.75, 3.05) is 19.6 Å². The van der Waals surface area contributed by atoms with Crippen LogP contribution in [0.2, 0.25) is 0 Å². The number of rotatable bonds is 7. The van der Waals surface area contributed by atoms with E-state index in [2.05, 4.69) is 39.8 Å². The number of hydrogen-bond donors (Lipinski definition) is 2. The number of amides is 2. The van der Waals surface area contributed by atoms with Crippen molar-refractivity contribution in [2.24, 2.45) is 0 Å². The maximum absolute atomic E-state index is 12.3. The van der Waals surface area contributed by atoms with E-state index in [-0.39, 0.29) is 24.3 Å². The molecule has 5 nitrogen and oxygen atoms in total. The number of carbonyl (C=O) groups is 2. The molecular formula is C20H29N3O2. The van der Waals surface area contributed by atoms with Crippen LogP contribution in [-0.2, 0) is 16.0 Å². The number of nitrogens with zero attached hydrogens (tertiary/aromatic N) is 1. The second kappa shape index (κ2) is 8.99. The van der Waals surface area contributed by atoms with Gasteiger partial charge < -0.3 is 10.6 Å². The lowest BCUT2D eigenvalue weighted by Crippen LogP contribution is -2.57. The zero-order chi connectivity index (χ0) is 17.5. The summed E-state index contributed by atoms with van der Waals surface area (Å²) in [5.74, 6) is 0.00884. The maximum atomic E-state index is 12.3. The molecule has 1 aromatic rings. The molecule has 136 valence electrons. The quantitative estimate of drug-likeness (QED) is 0.794. The molecule has 0 radical (unpaired) electrons. The Hall–Kier alpha value is -1.88. The Morgan fingerprint density at radius 1 is 1.20 bits per heavy atom. The van der Waals surface area contributed by atoms with E-state index in [1.54, 1.807) is 0 Å². The second-order valence-electron chi connectivity index (χ2n) is 7.18. The van der Waals surface area contributed by atoms with Crippen molar-refractivity contribution in [3.05, 3.63) is 35.9 Å². The zero-order valence-electron chi connectivity index (χ0n) is 14.9. The van der Waals surface area contributed by atoms with Crippen molar-refractivity contribution in [1.82, 2.24) is 15.5 Å². The largest absolute Gasteiger partial charge is 0.353 e. The first-order valence-corrected chi connectivity index (χ1v) is 9.57. The molecule has 0 spiro atoms. The highest BCUT2D eigenvalue weighted by Crippen LogP contribution is 2.18. The molecule has 1 heterocycles. The number of carbonyl (C=O) groups excluding carboxylic acids is 2. The molecule has 1 saturated carbocycles. The number of aryl methyl sites for hydroxylation is 1. The number of nitrogens with one attached hydrogen (secondary N) is 2. The van der Waals surface area contributed by atoms with Crippen LogP contribution in [0, 0.1) is 0 Å². The van der Waals surface area contributed by atoms with Gasteiger partial charge >= 0.3 is 0 Å². The summed E-state index contributed by atoms with van der Waals surface area (Å²) in [5, 5.41) is 6.01. The molecule has 2 aliphatic rings. The van der Waals surface area contributed by atoms with Gasteiger partial charge in [-0.25, -0.2) is 0 Å². The monoisotopic (exact) mass is 343 g/mol. The van der Waals surface area contributed by atoms with Crippen LogP contribution in [0.15, 0.2) is 30.3 Å². The summed E-state index contributed by atoms with van der Waals surface area (Å²) in [6.45, 7) is 2.34. The van der Waals surface area contributed by atoms with Crippen LogP contribution >= 0.6 is 0 Å². The van der Waals surface area contributed by atoms with Crippen LogP contribution in [0.4, 0.5) is 0 Å². The lowest BCUT2D eigenvalue weighted by atomic mass is 10.1. The normalized spacial score (nSPS) is 21.9. The highest BCUT2D eigenvalue weighted by Gasteiger charge is 2.31. The Morgan fingerprint density at radius 2 is 1.96 bits per heavy atom. The van der Waals surface area contributed by atoms with Crippen molar-refractivity contribution in [2.45, 2.75) is 57.0 Å². The minimum Gasteiger partial charge on any atom is -0.353 e. The smallest absolute Gasteiger partial charge is 0.237 e. The average Bonchev–Trinajstić information content (AvgIpc) is 3.11. The summed E-state index contributed by atoms with van der Waals surface area (Å²) in [5.41, 5.74) is 1.32. The van der Waals surface area contributed by atoms with Crippen LogP contribution in [0.5, 0.6) is 0 Å². The third-order valence-corrected chi connectivity index (χ3v) is 5.29. The fourth-order valence-electron chi connectivity index (χ4n) is 3.91. The second-order valence-corrected chi connectivity index (χ2v) is 7.18. The fraction of sp³-hybridized carbons (Fsp3) is 0.600. The number of piperazine rings is 1. The molecule has 1 aliphatic carbocycles. The van der Waals surface area contributed by atoms with Gasteiger partial charge in [0.2, 0.25) is 11.8 Å². The molecule has 2 N–H and O–H groups in total. The van der Waals surface area contributed by atoms with Gasteiger partial charge in [0.05, 0.1) is 12.5 Å². The minimum atomic E-state index is -0.328. The molecular weight excluding hydrogens is 314 g/mol. The van der Waals surface area contributed by atoms with E-state index in [9.17, 15) is 9.59 Å². The zero-order valence-corrected chi connectivity index (χ0v) is 14.9. The van der Waals surface area contributed by atoms with Gasteiger partial charge in [-0.3, -0.25) is 14.5 Å². The number of hydrogen-bond acceptors (Lipinski definition) is 3. The highest BCUT2D eigenvalue weighted by molar-refractivity contribution is 5.88. The topological polar surface area (TPSA) is 61.4 Å². The fourth-order valence-corrected chi connectivity index (χ4v) is 3.91. The molecule has 1 atom stereocenters. The molecule has 0 aromatic heterocycles. The maximum Gasteiger partial charge on any atom is 0.237 e. The molecule has 1 aromatic carbocycles. The van der Waals surface area contributed by atoms with Gasteiger partial charge in [-0.15, -0.1) is 0 Å². The summed E-state index contributed by atoms with van der Waals surface area (Å²) in [7, 11) is 0. The Morgan fingerprint density at radius 3 is 2.72 bits per heavy atom. The average molecular weight is 343 g/mol. The lowest BCUT2D eigenvalue weighted by Gasteiger charge is -2.34. The van der Waals surface area contributed by atoms with Gasteiger partial charge in [0.15, 0.2) is 0 Å². The Bertz CT molecular complexity index is 570. The van der Waals surface area contributed by atoms with Crippen LogP contribution in [0.25, 0.3) is 0 Å². The Kier molecular flexibility index (Phi) is 6.45. The van der Waals surface area contributed by atoms with Crippen LogP contribution in [0.1, 0.15) is 44.1 Å². The SMILES string of the molecule is O=C(CC1C(=O)NCCN1CCCc1ccccc1)NC1CCCC1. The van der Waals surface area contributed by atoms with Crippen molar-refractivity contribution in [3.8, 4) is 0 Å². The van der Waals surface area contributed by atoms with E-state index in [0.717, 1.165) is 38.8 Å². The highest BCUT2D eigenvalue weighted by atomic mass is 16.2. The van der Waals surface area contributed by atoms with Crippen LogP contribution in [-0.4, -0.2) is 48.4 Å². The summed E-state index contributed by atoms with van der Waals surface area (Å²) >= 11 is 0. The van der Waals surface area contributed by atoms with E-state index in [4.69, 9.17) is 0 Å². The molecule has 25 heavy (non-hydrogen) atoms. The van der Waals surface area contributed by atoms with Gasteiger partial charge in [-0.1, -0.05) is 43.2 Å². The van der Waals surface area contributed by atoms with E-state index in [0.29, 0.717) is 12.6 Å². The standard InChI is InChI=1S/C20H29N3O2/c24-19(22-17-10-4-5-11-17)15-18-20(25)21-12-14-23(18)13-6-9-16-7-2-1-3-8-16/h1-3,7-8,17-18H,4-6,9-15H2,(H,21,25)(H,22,24). The number of benzene rings is 1. The predicted octanol–water partition coefficient (Wildman–Crippen LogP) is 1.87. The van der Waals surface area contributed by atoms with E-state index in [1.165, 1.54) is 18.4 Å². The van der Waals surface area contributed by atoms with E-state index in [1.807, 2.05) is 6.07 Å². The van der Waals surface area contributed by atoms with Gasteiger partial charge in [0, 0.05) is 19.1 Å². The van der Waals surface area contributed by atoms with E-state index >= 15 is 0 Å². The molecule has 0 bridgehead atoms.